The maximum Gasteiger partial charge on any atom is 0.209 e. The number of hydrogen-bond donors (Lipinski definition) is 1. The summed E-state index contributed by atoms with van der Waals surface area (Å²) >= 11 is 6.97. The first kappa shape index (κ1) is 10.5. The minimum Gasteiger partial charge on any atom is -0.394 e. The van der Waals surface area contributed by atoms with E-state index in [4.69, 9.17) is 16.7 Å². The number of hydrogen-bond acceptors (Lipinski definition) is 5. The Kier molecular flexibility index (Phi) is 4.20. The third kappa shape index (κ3) is 3.33. The summed E-state index contributed by atoms with van der Waals surface area (Å²) in [6.07, 6.45) is 0. The molecule has 0 atom stereocenters. The lowest BCUT2D eigenvalue weighted by atomic mass is 10.7. The highest BCUT2D eigenvalue weighted by molar-refractivity contribution is 7.99. The topological polar surface area (TPSA) is 63.8 Å². The van der Waals surface area contributed by atoms with E-state index >= 15 is 0 Å². The molecular formula is C6H9ClN4OS. The standard InChI is InChI=1S/C6H9ClN4OS/c1-5(7)4-13-6-8-9-10-11(6)2-3-12/h12H,1-4H2. The largest absolute Gasteiger partial charge is 0.394 e. The summed E-state index contributed by atoms with van der Waals surface area (Å²) in [4.78, 5) is 0. The molecule has 0 aliphatic heterocycles. The van der Waals surface area contributed by atoms with Gasteiger partial charge >= 0.3 is 0 Å². The maximum absolute atomic E-state index is 8.67. The fourth-order valence-electron chi connectivity index (χ4n) is 0.678. The molecule has 0 aliphatic carbocycles. The molecule has 0 radical (unpaired) electrons. The zero-order valence-corrected chi connectivity index (χ0v) is 8.42. The van der Waals surface area contributed by atoms with Gasteiger partial charge in [0, 0.05) is 10.8 Å². The molecule has 0 aromatic carbocycles. The molecule has 0 amide bonds. The van der Waals surface area contributed by atoms with Gasteiger partial charge in [0.25, 0.3) is 0 Å². The molecule has 72 valence electrons. The second kappa shape index (κ2) is 5.21. The molecule has 0 unspecified atom stereocenters. The zero-order chi connectivity index (χ0) is 9.68. The number of aliphatic hydroxyl groups excluding tert-OH is 1. The Hall–Kier alpha value is -0.590. The first-order chi connectivity index (χ1) is 6.24. The highest BCUT2D eigenvalue weighted by atomic mass is 35.5. The van der Waals surface area contributed by atoms with Crippen LogP contribution in [0.25, 0.3) is 0 Å². The Balaban J connectivity index is 2.54. The minimum absolute atomic E-state index is 0.0143. The molecule has 0 bridgehead atoms. The van der Waals surface area contributed by atoms with Crippen molar-refractivity contribution < 1.29 is 5.11 Å². The van der Waals surface area contributed by atoms with E-state index < -0.39 is 0 Å². The van der Waals surface area contributed by atoms with Crippen molar-refractivity contribution in [1.82, 2.24) is 20.2 Å². The molecule has 1 rings (SSSR count). The maximum atomic E-state index is 8.67. The number of tetrazole rings is 1. The SMILES string of the molecule is C=C(Cl)CSc1nnnn1CCO. The molecule has 0 aliphatic rings. The summed E-state index contributed by atoms with van der Waals surface area (Å²) < 4.78 is 1.52. The van der Waals surface area contributed by atoms with Gasteiger partial charge in [-0.05, 0) is 10.4 Å². The van der Waals surface area contributed by atoms with Crippen LogP contribution in [0.1, 0.15) is 0 Å². The molecule has 0 saturated heterocycles. The number of aliphatic hydroxyl groups is 1. The van der Waals surface area contributed by atoms with E-state index in [0.29, 0.717) is 22.5 Å². The van der Waals surface area contributed by atoms with E-state index in [-0.39, 0.29) is 6.61 Å². The van der Waals surface area contributed by atoms with Crippen LogP contribution in [-0.2, 0) is 6.54 Å². The van der Waals surface area contributed by atoms with Crippen LogP contribution in [0.15, 0.2) is 16.8 Å². The fourth-order valence-corrected chi connectivity index (χ4v) is 1.50. The van der Waals surface area contributed by atoms with E-state index in [2.05, 4.69) is 22.1 Å². The van der Waals surface area contributed by atoms with Gasteiger partial charge in [0.1, 0.15) is 0 Å². The normalized spacial score (nSPS) is 10.3. The second-order valence-corrected chi connectivity index (χ2v) is 3.69. The molecule has 1 N–H and O–H groups in total. The Labute approximate surface area is 84.8 Å². The van der Waals surface area contributed by atoms with Crippen molar-refractivity contribution in [2.24, 2.45) is 0 Å². The summed E-state index contributed by atoms with van der Waals surface area (Å²) in [5, 5.41) is 20.8. The van der Waals surface area contributed by atoms with Crippen molar-refractivity contribution in [3.63, 3.8) is 0 Å². The van der Waals surface area contributed by atoms with Gasteiger partial charge in [-0.1, -0.05) is 29.9 Å². The van der Waals surface area contributed by atoms with Gasteiger partial charge < -0.3 is 5.11 Å². The molecule has 1 aromatic rings. The predicted molar refractivity (Wildman–Crippen MR) is 50.6 cm³/mol. The first-order valence-electron chi connectivity index (χ1n) is 3.57. The van der Waals surface area contributed by atoms with Gasteiger partial charge in [-0.15, -0.1) is 5.10 Å². The van der Waals surface area contributed by atoms with Crippen molar-refractivity contribution in [3.8, 4) is 0 Å². The number of halogens is 1. The smallest absolute Gasteiger partial charge is 0.209 e. The molecule has 0 spiro atoms. The van der Waals surface area contributed by atoms with Gasteiger partial charge in [0.2, 0.25) is 5.16 Å². The highest BCUT2D eigenvalue weighted by Crippen LogP contribution is 2.17. The van der Waals surface area contributed by atoms with Crippen molar-refractivity contribution in [1.29, 1.82) is 0 Å². The third-order valence-electron chi connectivity index (χ3n) is 1.17. The van der Waals surface area contributed by atoms with Crippen molar-refractivity contribution in [3.05, 3.63) is 11.6 Å². The molecule has 7 heteroatoms. The average molecular weight is 221 g/mol. The van der Waals surface area contributed by atoms with Gasteiger partial charge in [-0.2, -0.15) is 0 Å². The zero-order valence-electron chi connectivity index (χ0n) is 6.85. The summed E-state index contributed by atoms with van der Waals surface area (Å²) in [6, 6.07) is 0. The molecule has 1 aromatic heterocycles. The molecule has 0 fully saturated rings. The molecule has 5 nitrogen and oxygen atoms in total. The molecule has 0 saturated carbocycles. The van der Waals surface area contributed by atoms with Crippen LogP contribution < -0.4 is 0 Å². The average Bonchev–Trinajstić information content (AvgIpc) is 2.49. The number of thioether (sulfide) groups is 1. The van der Waals surface area contributed by atoms with E-state index in [1.54, 1.807) is 0 Å². The Bertz CT molecular complexity index is 290. The van der Waals surface area contributed by atoms with Crippen molar-refractivity contribution in [2.45, 2.75) is 11.7 Å². The van der Waals surface area contributed by atoms with E-state index in [1.807, 2.05) is 0 Å². The van der Waals surface area contributed by atoms with E-state index in [1.165, 1.54) is 16.4 Å². The summed E-state index contributed by atoms with van der Waals surface area (Å²) in [7, 11) is 0. The lowest BCUT2D eigenvalue weighted by molar-refractivity contribution is 0.262. The minimum atomic E-state index is 0.0143. The fraction of sp³-hybridized carbons (Fsp3) is 0.500. The van der Waals surface area contributed by atoms with Crippen LogP contribution in [0, 0.1) is 0 Å². The number of aromatic nitrogens is 4. The highest BCUT2D eigenvalue weighted by Gasteiger charge is 2.05. The van der Waals surface area contributed by atoms with Gasteiger partial charge in [-0.25, -0.2) is 4.68 Å². The molecule has 1 heterocycles. The molecular weight excluding hydrogens is 212 g/mol. The van der Waals surface area contributed by atoms with Crippen molar-refractivity contribution >= 4 is 23.4 Å². The second-order valence-electron chi connectivity index (χ2n) is 2.21. The van der Waals surface area contributed by atoms with Crippen LogP contribution in [0.4, 0.5) is 0 Å². The quantitative estimate of drug-likeness (QED) is 0.733. The van der Waals surface area contributed by atoms with Crippen LogP contribution in [0.5, 0.6) is 0 Å². The Morgan fingerprint density at radius 3 is 3.08 bits per heavy atom. The Morgan fingerprint density at radius 2 is 2.46 bits per heavy atom. The number of rotatable bonds is 5. The lowest BCUT2D eigenvalue weighted by Crippen LogP contribution is -2.05. The summed E-state index contributed by atoms with van der Waals surface area (Å²) in [5.74, 6) is 0.563. The van der Waals surface area contributed by atoms with Gasteiger partial charge in [0.15, 0.2) is 0 Å². The van der Waals surface area contributed by atoms with Crippen LogP contribution in [0.3, 0.4) is 0 Å². The predicted octanol–water partition coefficient (Wildman–Crippen LogP) is 0.510. The van der Waals surface area contributed by atoms with E-state index in [9.17, 15) is 0 Å². The van der Waals surface area contributed by atoms with Gasteiger partial charge in [0.05, 0.1) is 13.2 Å². The number of nitrogens with zero attached hydrogens (tertiary/aromatic N) is 4. The van der Waals surface area contributed by atoms with Crippen molar-refractivity contribution in [2.75, 3.05) is 12.4 Å². The van der Waals surface area contributed by atoms with Gasteiger partial charge in [-0.3, -0.25) is 0 Å². The van der Waals surface area contributed by atoms with Crippen LogP contribution >= 0.6 is 23.4 Å². The third-order valence-corrected chi connectivity index (χ3v) is 2.50. The summed E-state index contributed by atoms with van der Waals surface area (Å²) in [5.41, 5.74) is 0. The van der Waals surface area contributed by atoms with Crippen LogP contribution in [0.2, 0.25) is 0 Å². The van der Waals surface area contributed by atoms with E-state index in [0.717, 1.165) is 0 Å². The lowest BCUT2D eigenvalue weighted by Gasteiger charge is -2.00. The van der Waals surface area contributed by atoms with Crippen LogP contribution in [-0.4, -0.2) is 37.7 Å². The Morgan fingerprint density at radius 1 is 1.69 bits per heavy atom. The summed E-state index contributed by atoms with van der Waals surface area (Å²) in [6.45, 7) is 3.95. The monoisotopic (exact) mass is 220 g/mol. The molecule has 13 heavy (non-hydrogen) atoms. The first-order valence-corrected chi connectivity index (χ1v) is 4.93.